The summed E-state index contributed by atoms with van der Waals surface area (Å²) in [5.74, 6) is 0.772. The predicted octanol–water partition coefficient (Wildman–Crippen LogP) is 3.91. The van der Waals surface area contributed by atoms with E-state index in [4.69, 9.17) is 16.3 Å². The second-order valence-electron chi connectivity index (χ2n) is 5.53. The molecule has 0 unspecified atom stereocenters. The molecule has 6 nitrogen and oxygen atoms in total. The molecule has 0 atom stereocenters. The molecule has 0 radical (unpaired) electrons. The number of nitrogens with zero attached hydrogens (tertiary/aromatic N) is 2. The number of anilines is 1. The Labute approximate surface area is 156 Å². The lowest BCUT2D eigenvalue weighted by Crippen LogP contribution is -2.15. The summed E-state index contributed by atoms with van der Waals surface area (Å²) in [6, 6.07) is 13.4. The monoisotopic (exact) mass is 389 g/mol. The molecule has 0 amide bonds. The van der Waals surface area contributed by atoms with Gasteiger partial charge in [-0.25, -0.2) is 18.4 Å². The molecular formula is C18H16ClN3O3S. The van der Waals surface area contributed by atoms with Gasteiger partial charge in [0.05, 0.1) is 17.7 Å². The first-order valence-corrected chi connectivity index (χ1v) is 9.50. The Hall–Kier alpha value is -2.64. The molecule has 1 N–H and O–H groups in total. The fourth-order valence-corrected chi connectivity index (χ4v) is 3.79. The Kier molecular flexibility index (Phi) is 5.11. The summed E-state index contributed by atoms with van der Waals surface area (Å²) in [7, 11) is -2.26. The SMILES string of the molecule is COc1ccc(S(=O)(=O)Nc2cc(-c3ccc(Cl)cc3)ncn2)c(C)c1. The Morgan fingerprint density at radius 2 is 1.77 bits per heavy atom. The van der Waals surface area contributed by atoms with Gasteiger partial charge < -0.3 is 4.74 Å². The second kappa shape index (κ2) is 7.31. The predicted molar refractivity (Wildman–Crippen MR) is 101 cm³/mol. The average molecular weight is 390 g/mol. The first-order valence-electron chi connectivity index (χ1n) is 7.64. The zero-order valence-electron chi connectivity index (χ0n) is 14.1. The number of benzene rings is 2. The van der Waals surface area contributed by atoms with E-state index in [1.54, 1.807) is 49.4 Å². The molecule has 2 aromatic carbocycles. The fourth-order valence-electron chi connectivity index (χ4n) is 2.43. The topological polar surface area (TPSA) is 81.2 Å². The lowest BCUT2D eigenvalue weighted by molar-refractivity contribution is 0.414. The number of hydrogen-bond donors (Lipinski definition) is 1. The highest BCUT2D eigenvalue weighted by molar-refractivity contribution is 7.92. The maximum Gasteiger partial charge on any atom is 0.263 e. The van der Waals surface area contributed by atoms with E-state index in [0.717, 1.165) is 5.56 Å². The van der Waals surface area contributed by atoms with Gasteiger partial charge >= 0.3 is 0 Å². The van der Waals surface area contributed by atoms with Gasteiger partial charge in [-0.1, -0.05) is 23.7 Å². The zero-order chi connectivity index (χ0) is 18.7. The number of sulfonamides is 1. The van der Waals surface area contributed by atoms with E-state index < -0.39 is 10.0 Å². The molecule has 134 valence electrons. The first kappa shape index (κ1) is 18.2. The molecule has 1 aromatic heterocycles. The van der Waals surface area contributed by atoms with Crippen molar-refractivity contribution in [1.82, 2.24) is 9.97 Å². The number of halogens is 1. The van der Waals surface area contributed by atoms with Gasteiger partial charge in [-0.05, 0) is 42.8 Å². The van der Waals surface area contributed by atoms with E-state index in [1.807, 2.05) is 0 Å². The van der Waals surface area contributed by atoms with E-state index in [2.05, 4.69) is 14.7 Å². The maximum atomic E-state index is 12.7. The Morgan fingerprint density at radius 1 is 1.04 bits per heavy atom. The molecule has 0 aliphatic heterocycles. The highest BCUT2D eigenvalue weighted by Gasteiger charge is 2.18. The maximum absolute atomic E-state index is 12.7. The van der Waals surface area contributed by atoms with E-state index >= 15 is 0 Å². The van der Waals surface area contributed by atoms with Crippen LogP contribution in [0.3, 0.4) is 0 Å². The van der Waals surface area contributed by atoms with Crippen molar-refractivity contribution in [2.75, 3.05) is 11.8 Å². The highest BCUT2D eigenvalue weighted by atomic mass is 35.5. The number of aromatic nitrogens is 2. The molecule has 8 heteroatoms. The van der Waals surface area contributed by atoms with Gasteiger partial charge in [0.25, 0.3) is 10.0 Å². The molecule has 3 aromatic rings. The van der Waals surface area contributed by atoms with Crippen molar-refractivity contribution in [1.29, 1.82) is 0 Å². The summed E-state index contributed by atoms with van der Waals surface area (Å²) in [5, 5.41) is 0.610. The van der Waals surface area contributed by atoms with Crippen LogP contribution in [-0.4, -0.2) is 25.5 Å². The lowest BCUT2D eigenvalue weighted by Gasteiger charge is -2.11. The first-order chi connectivity index (χ1) is 12.4. The molecule has 0 saturated carbocycles. The van der Waals surface area contributed by atoms with Crippen LogP contribution in [-0.2, 0) is 10.0 Å². The Balaban J connectivity index is 1.91. The van der Waals surface area contributed by atoms with Gasteiger partial charge in [-0.2, -0.15) is 0 Å². The normalized spacial score (nSPS) is 11.2. The van der Waals surface area contributed by atoms with Gasteiger partial charge in [0.1, 0.15) is 17.9 Å². The van der Waals surface area contributed by atoms with Gasteiger partial charge in [0.2, 0.25) is 0 Å². The van der Waals surface area contributed by atoms with E-state index in [-0.39, 0.29) is 10.7 Å². The van der Waals surface area contributed by atoms with Crippen LogP contribution in [0.15, 0.2) is 59.8 Å². The second-order valence-corrected chi connectivity index (χ2v) is 7.62. The molecule has 26 heavy (non-hydrogen) atoms. The van der Waals surface area contributed by atoms with Gasteiger partial charge in [-0.15, -0.1) is 0 Å². The summed E-state index contributed by atoms with van der Waals surface area (Å²) < 4.78 is 33.0. The molecule has 0 aliphatic carbocycles. The molecule has 3 rings (SSSR count). The Morgan fingerprint density at radius 3 is 2.42 bits per heavy atom. The number of nitrogens with one attached hydrogen (secondary N) is 1. The molecular weight excluding hydrogens is 374 g/mol. The fraction of sp³-hybridized carbons (Fsp3) is 0.111. The third-order valence-electron chi connectivity index (χ3n) is 3.72. The van der Waals surface area contributed by atoms with Crippen LogP contribution in [0.2, 0.25) is 5.02 Å². The summed E-state index contributed by atoms with van der Waals surface area (Å²) >= 11 is 5.89. The van der Waals surface area contributed by atoms with Crippen molar-refractivity contribution >= 4 is 27.4 Å². The van der Waals surface area contributed by atoms with Crippen molar-refractivity contribution in [2.45, 2.75) is 11.8 Å². The summed E-state index contributed by atoms with van der Waals surface area (Å²) in [6.07, 6.45) is 1.31. The number of hydrogen-bond acceptors (Lipinski definition) is 5. The van der Waals surface area contributed by atoms with E-state index in [0.29, 0.717) is 22.0 Å². The van der Waals surface area contributed by atoms with Gasteiger partial charge in [0, 0.05) is 16.7 Å². The lowest BCUT2D eigenvalue weighted by atomic mass is 10.1. The third-order valence-corrected chi connectivity index (χ3v) is 5.48. The largest absolute Gasteiger partial charge is 0.497 e. The van der Waals surface area contributed by atoms with Crippen molar-refractivity contribution in [3.8, 4) is 17.0 Å². The van der Waals surface area contributed by atoms with Crippen LogP contribution in [0.25, 0.3) is 11.3 Å². The molecule has 0 saturated heterocycles. The minimum absolute atomic E-state index is 0.157. The van der Waals surface area contributed by atoms with Crippen LogP contribution in [0.4, 0.5) is 5.82 Å². The zero-order valence-corrected chi connectivity index (χ0v) is 15.7. The number of ether oxygens (including phenoxy) is 1. The molecule has 0 aliphatic rings. The minimum atomic E-state index is -3.79. The summed E-state index contributed by atoms with van der Waals surface area (Å²) in [4.78, 5) is 8.34. The minimum Gasteiger partial charge on any atom is -0.497 e. The Bertz CT molecular complexity index is 1040. The molecule has 0 spiro atoms. The molecule has 0 bridgehead atoms. The standard InChI is InChI=1S/C18H16ClN3O3S/c1-12-9-15(25-2)7-8-17(12)26(23,24)22-18-10-16(20-11-21-18)13-3-5-14(19)6-4-13/h3-11H,1-2H3,(H,20,21,22). The average Bonchev–Trinajstić information content (AvgIpc) is 2.61. The third kappa shape index (κ3) is 3.95. The van der Waals surface area contributed by atoms with Crippen LogP contribution < -0.4 is 9.46 Å². The van der Waals surface area contributed by atoms with E-state index in [9.17, 15) is 8.42 Å². The van der Waals surface area contributed by atoms with Crippen LogP contribution >= 0.6 is 11.6 Å². The van der Waals surface area contributed by atoms with Crippen molar-refractivity contribution in [2.24, 2.45) is 0 Å². The molecule has 0 fully saturated rings. The highest BCUT2D eigenvalue weighted by Crippen LogP contribution is 2.25. The number of methoxy groups -OCH3 is 1. The van der Waals surface area contributed by atoms with Crippen molar-refractivity contribution < 1.29 is 13.2 Å². The summed E-state index contributed by atoms with van der Waals surface area (Å²) in [5.41, 5.74) is 1.96. The van der Waals surface area contributed by atoms with Gasteiger partial charge in [-0.3, -0.25) is 4.72 Å². The van der Waals surface area contributed by atoms with Crippen LogP contribution in [0.5, 0.6) is 5.75 Å². The van der Waals surface area contributed by atoms with E-state index in [1.165, 1.54) is 19.5 Å². The van der Waals surface area contributed by atoms with Crippen molar-refractivity contribution in [3.05, 3.63) is 65.4 Å². The van der Waals surface area contributed by atoms with Crippen LogP contribution in [0, 0.1) is 6.92 Å². The number of rotatable bonds is 5. The van der Waals surface area contributed by atoms with Crippen LogP contribution in [0.1, 0.15) is 5.56 Å². The quantitative estimate of drug-likeness (QED) is 0.715. The summed E-state index contributed by atoms with van der Waals surface area (Å²) in [6.45, 7) is 1.70. The molecule has 1 heterocycles. The van der Waals surface area contributed by atoms with Gasteiger partial charge in [0.15, 0.2) is 0 Å². The smallest absolute Gasteiger partial charge is 0.263 e. The number of aryl methyl sites for hydroxylation is 1. The van der Waals surface area contributed by atoms with Crippen molar-refractivity contribution in [3.63, 3.8) is 0 Å².